The number of nitrogen functional groups attached to an aromatic ring is 1. The fourth-order valence-electron chi connectivity index (χ4n) is 2.44. The van der Waals surface area contributed by atoms with Crippen LogP contribution in [0.1, 0.15) is 29.3 Å². The fourth-order valence-corrected chi connectivity index (χ4v) is 2.44. The molecule has 2 rings (SSSR count). The van der Waals surface area contributed by atoms with Gasteiger partial charge in [-0.25, -0.2) is 0 Å². The van der Waals surface area contributed by atoms with Gasteiger partial charge in [-0.3, -0.25) is 4.79 Å². The number of hydrogen-bond acceptors (Lipinski definition) is 3. The maximum atomic E-state index is 12.2. The zero-order chi connectivity index (χ0) is 16.7. The molecule has 0 spiro atoms. The lowest BCUT2D eigenvalue weighted by molar-refractivity contribution is 0.0954. The Morgan fingerprint density at radius 2 is 1.74 bits per heavy atom. The van der Waals surface area contributed by atoms with Crippen molar-refractivity contribution in [3.8, 4) is 0 Å². The van der Waals surface area contributed by atoms with Gasteiger partial charge in [-0.1, -0.05) is 19.1 Å². The number of hydrogen-bond donors (Lipinski definition) is 2. The number of amides is 1. The Balaban J connectivity index is 1.84. The van der Waals surface area contributed by atoms with Gasteiger partial charge in [-0.15, -0.1) is 0 Å². The van der Waals surface area contributed by atoms with Gasteiger partial charge in [0.2, 0.25) is 0 Å². The van der Waals surface area contributed by atoms with Crippen LogP contribution >= 0.6 is 0 Å². The van der Waals surface area contributed by atoms with E-state index in [1.807, 2.05) is 48.5 Å². The monoisotopic (exact) mass is 311 g/mol. The Kier molecular flexibility index (Phi) is 6.03. The van der Waals surface area contributed by atoms with Crippen molar-refractivity contribution in [2.75, 3.05) is 30.8 Å². The van der Waals surface area contributed by atoms with Crippen LogP contribution in [0.25, 0.3) is 0 Å². The van der Waals surface area contributed by atoms with Gasteiger partial charge in [0.1, 0.15) is 0 Å². The van der Waals surface area contributed by atoms with E-state index in [4.69, 9.17) is 5.73 Å². The summed E-state index contributed by atoms with van der Waals surface area (Å²) in [6.07, 6.45) is 1.90. The molecule has 3 N–H and O–H groups in total. The number of nitrogens with two attached hydrogens (primary N) is 1. The van der Waals surface area contributed by atoms with Crippen LogP contribution in [0.5, 0.6) is 0 Å². The van der Waals surface area contributed by atoms with Crippen molar-refractivity contribution in [3.63, 3.8) is 0 Å². The van der Waals surface area contributed by atoms with Crippen molar-refractivity contribution in [2.45, 2.75) is 19.8 Å². The third-order valence-electron chi connectivity index (χ3n) is 3.81. The molecular weight excluding hydrogens is 286 g/mol. The molecule has 0 aliphatic carbocycles. The Bertz CT molecular complexity index is 620. The average molecular weight is 311 g/mol. The topological polar surface area (TPSA) is 58.4 Å². The summed E-state index contributed by atoms with van der Waals surface area (Å²) in [6, 6.07) is 15.5. The molecule has 0 fully saturated rings. The van der Waals surface area contributed by atoms with E-state index < -0.39 is 0 Å². The summed E-state index contributed by atoms with van der Waals surface area (Å²) in [5.74, 6) is -0.0369. The molecule has 122 valence electrons. The van der Waals surface area contributed by atoms with E-state index >= 15 is 0 Å². The lowest BCUT2D eigenvalue weighted by atomic mass is 10.1. The van der Waals surface area contributed by atoms with Gasteiger partial charge in [0.25, 0.3) is 5.91 Å². The second-order valence-corrected chi connectivity index (χ2v) is 5.72. The molecule has 0 bridgehead atoms. The van der Waals surface area contributed by atoms with E-state index in [2.05, 4.69) is 24.2 Å². The van der Waals surface area contributed by atoms with Crippen LogP contribution in [-0.2, 0) is 6.42 Å². The van der Waals surface area contributed by atoms with E-state index in [-0.39, 0.29) is 5.91 Å². The Morgan fingerprint density at radius 3 is 2.35 bits per heavy atom. The van der Waals surface area contributed by atoms with Gasteiger partial charge < -0.3 is 16.0 Å². The highest BCUT2D eigenvalue weighted by Crippen LogP contribution is 2.14. The van der Waals surface area contributed by atoms with Gasteiger partial charge in [0.05, 0.1) is 0 Å². The summed E-state index contributed by atoms with van der Waals surface area (Å²) in [5, 5.41) is 2.95. The zero-order valence-electron chi connectivity index (χ0n) is 13.9. The van der Waals surface area contributed by atoms with Gasteiger partial charge >= 0.3 is 0 Å². The number of carbonyl (C=O) groups excluding carboxylic acids is 1. The number of rotatable bonds is 7. The van der Waals surface area contributed by atoms with Gasteiger partial charge in [0.15, 0.2) is 0 Å². The minimum absolute atomic E-state index is 0.0369. The molecule has 23 heavy (non-hydrogen) atoms. The Hall–Kier alpha value is -2.49. The van der Waals surface area contributed by atoms with Crippen LogP contribution in [-0.4, -0.2) is 26.0 Å². The second kappa shape index (κ2) is 8.22. The first-order valence-electron chi connectivity index (χ1n) is 8.04. The molecule has 2 aromatic carbocycles. The first-order valence-corrected chi connectivity index (χ1v) is 8.04. The molecule has 0 saturated heterocycles. The van der Waals surface area contributed by atoms with Crippen LogP contribution in [0.4, 0.5) is 11.4 Å². The van der Waals surface area contributed by atoms with Crippen molar-refractivity contribution in [3.05, 3.63) is 59.7 Å². The highest BCUT2D eigenvalue weighted by molar-refractivity contribution is 5.94. The minimum atomic E-state index is -0.0369. The van der Waals surface area contributed by atoms with E-state index in [1.165, 1.54) is 0 Å². The largest absolute Gasteiger partial charge is 0.399 e. The average Bonchev–Trinajstić information content (AvgIpc) is 2.57. The molecule has 1 amide bonds. The normalized spacial score (nSPS) is 10.3. The molecule has 4 heteroatoms. The van der Waals surface area contributed by atoms with E-state index in [0.29, 0.717) is 12.1 Å². The molecule has 2 aromatic rings. The van der Waals surface area contributed by atoms with E-state index in [9.17, 15) is 4.79 Å². The van der Waals surface area contributed by atoms with Crippen LogP contribution in [0.2, 0.25) is 0 Å². The smallest absolute Gasteiger partial charge is 0.251 e. The van der Waals surface area contributed by atoms with Gasteiger partial charge in [-0.05, 0) is 54.8 Å². The number of carbonyl (C=O) groups is 1. The molecule has 0 saturated carbocycles. The lowest BCUT2D eigenvalue weighted by Crippen LogP contribution is -2.25. The third-order valence-corrected chi connectivity index (χ3v) is 3.81. The Labute approximate surface area is 138 Å². The first-order chi connectivity index (χ1) is 11.1. The molecule has 0 heterocycles. The molecular formula is C19H25N3O. The van der Waals surface area contributed by atoms with Crippen molar-refractivity contribution < 1.29 is 4.79 Å². The number of benzene rings is 2. The standard InChI is InChI=1S/C19H25N3O/c1-3-14-22(2)18-10-6-16(7-11-18)19(23)21-13-12-15-4-8-17(20)9-5-15/h4-11H,3,12-14,20H2,1-2H3,(H,21,23). The molecule has 4 nitrogen and oxygen atoms in total. The van der Waals surface area contributed by atoms with Crippen LogP contribution in [0, 0.1) is 0 Å². The molecule has 0 aliphatic heterocycles. The molecule has 0 aliphatic rings. The molecule has 0 radical (unpaired) electrons. The molecule has 0 unspecified atom stereocenters. The summed E-state index contributed by atoms with van der Waals surface area (Å²) in [7, 11) is 2.06. The van der Waals surface area contributed by atoms with Crippen LogP contribution < -0.4 is 16.0 Å². The highest BCUT2D eigenvalue weighted by atomic mass is 16.1. The fraction of sp³-hybridized carbons (Fsp3) is 0.316. The highest BCUT2D eigenvalue weighted by Gasteiger charge is 2.06. The zero-order valence-corrected chi connectivity index (χ0v) is 13.9. The molecule has 0 atom stereocenters. The maximum Gasteiger partial charge on any atom is 0.251 e. The van der Waals surface area contributed by atoms with Crippen molar-refractivity contribution in [1.82, 2.24) is 5.32 Å². The van der Waals surface area contributed by atoms with Gasteiger partial charge in [-0.2, -0.15) is 0 Å². The first kappa shape index (κ1) is 16.9. The SMILES string of the molecule is CCCN(C)c1ccc(C(=O)NCCc2ccc(N)cc2)cc1. The van der Waals surface area contributed by atoms with E-state index in [1.54, 1.807) is 0 Å². The van der Waals surface area contributed by atoms with Crippen molar-refractivity contribution in [1.29, 1.82) is 0 Å². The summed E-state index contributed by atoms with van der Waals surface area (Å²) >= 11 is 0. The summed E-state index contributed by atoms with van der Waals surface area (Å²) in [4.78, 5) is 14.3. The number of anilines is 2. The van der Waals surface area contributed by atoms with Crippen molar-refractivity contribution in [2.24, 2.45) is 0 Å². The second-order valence-electron chi connectivity index (χ2n) is 5.72. The van der Waals surface area contributed by atoms with Crippen molar-refractivity contribution >= 4 is 17.3 Å². The quantitative estimate of drug-likeness (QED) is 0.773. The lowest BCUT2D eigenvalue weighted by Gasteiger charge is -2.18. The summed E-state index contributed by atoms with van der Waals surface area (Å²) in [5.41, 5.74) is 9.40. The molecule has 0 aromatic heterocycles. The van der Waals surface area contributed by atoms with Crippen LogP contribution in [0.15, 0.2) is 48.5 Å². The minimum Gasteiger partial charge on any atom is -0.399 e. The van der Waals surface area contributed by atoms with Crippen LogP contribution in [0.3, 0.4) is 0 Å². The number of nitrogens with zero attached hydrogens (tertiary/aromatic N) is 1. The summed E-state index contributed by atoms with van der Waals surface area (Å²) in [6.45, 7) is 3.77. The maximum absolute atomic E-state index is 12.2. The predicted molar refractivity (Wildman–Crippen MR) is 96.9 cm³/mol. The van der Waals surface area contributed by atoms with Gasteiger partial charge in [0, 0.05) is 37.1 Å². The third kappa shape index (κ3) is 5.02. The van der Waals surface area contributed by atoms with E-state index in [0.717, 1.165) is 36.3 Å². The number of nitrogens with one attached hydrogen (secondary N) is 1. The Morgan fingerprint density at radius 1 is 1.09 bits per heavy atom. The predicted octanol–water partition coefficient (Wildman–Crippen LogP) is 3.09. The summed E-state index contributed by atoms with van der Waals surface area (Å²) < 4.78 is 0.